The van der Waals surface area contributed by atoms with E-state index < -0.39 is 16.9 Å². The van der Waals surface area contributed by atoms with E-state index in [1.165, 1.54) is 25.3 Å². The van der Waals surface area contributed by atoms with Crippen molar-refractivity contribution in [2.45, 2.75) is 19.9 Å². The summed E-state index contributed by atoms with van der Waals surface area (Å²) in [6.07, 6.45) is 0.0196. The van der Waals surface area contributed by atoms with E-state index in [0.717, 1.165) is 11.3 Å². The lowest BCUT2D eigenvalue weighted by atomic mass is 10.0. The second kappa shape index (κ2) is 12.0. The van der Waals surface area contributed by atoms with Gasteiger partial charge in [-0.2, -0.15) is 0 Å². The molecule has 0 unspecified atom stereocenters. The van der Waals surface area contributed by atoms with Crippen LogP contribution in [0.4, 0.5) is 16.3 Å². The molecule has 0 atom stereocenters. The van der Waals surface area contributed by atoms with E-state index in [1.54, 1.807) is 18.2 Å². The Labute approximate surface area is 211 Å². The fourth-order valence-electron chi connectivity index (χ4n) is 3.20. The summed E-state index contributed by atoms with van der Waals surface area (Å²) in [7, 11) is 5.12. The van der Waals surface area contributed by atoms with Gasteiger partial charge in [0.2, 0.25) is 5.88 Å². The van der Waals surface area contributed by atoms with Gasteiger partial charge in [0.15, 0.2) is 10.9 Å². The molecule has 0 aliphatic carbocycles. The van der Waals surface area contributed by atoms with Crippen LogP contribution in [0.15, 0.2) is 36.4 Å². The smallest absolute Gasteiger partial charge is 0.413 e. The summed E-state index contributed by atoms with van der Waals surface area (Å²) < 4.78 is 10.5. The van der Waals surface area contributed by atoms with E-state index in [-0.39, 0.29) is 28.0 Å². The van der Waals surface area contributed by atoms with Gasteiger partial charge in [0.25, 0.3) is 11.6 Å². The predicted molar refractivity (Wildman–Crippen MR) is 135 cm³/mol. The Balaban J connectivity index is 2.08. The third-order valence-electron chi connectivity index (χ3n) is 4.81. The molecule has 2 N–H and O–H groups in total. The highest BCUT2D eigenvalue weighted by atomic mass is 32.1. The van der Waals surface area contributed by atoms with E-state index in [4.69, 9.17) is 9.47 Å². The summed E-state index contributed by atoms with van der Waals surface area (Å²) in [5.74, 6) is -0.0796. The van der Waals surface area contributed by atoms with Crippen molar-refractivity contribution in [3.8, 4) is 21.4 Å². The van der Waals surface area contributed by atoms with Crippen LogP contribution in [0.25, 0.3) is 10.4 Å². The molecule has 0 saturated carbocycles. The molecule has 3 rings (SSSR count). The van der Waals surface area contributed by atoms with E-state index in [2.05, 4.69) is 20.8 Å². The van der Waals surface area contributed by atoms with Crippen LogP contribution in [0.1, 0.15) is 29.3 Å². The zero-order chi connectivity index (χ0) is 26.2. The summed E-state index contributed by atoms with van der Waals surface area (Å²) in [5.41, 5.74) is 1.34. The Hall–Kier alpha value is -4.10. The number of anilines is 1. The molecule has 2 amide bonds. The molecule has 3 aromatic rings. The van der Waals surface area contributed by atoms with Gasteiger partial charge in [0.1, 0.15) is 0 Å². The number of thiophene rings is 1. The number of benzene rings is 1. The number of methoxy groups -OCH3 is 1. The molecule has 13 heteroatoms. The Bertz CT molecular complexity index is 1230. The lowest BCUT2D eigenvalue weighted by molar-refractivity contribution is -0.384. The number of hydrogen-bond donors (Lipinski definition) is 2. The molecule has 0 aliphatic rings. The second-order valence-electron chi connectivity index (χ2n) is 7.85. The molecule has 2 aromatic heterocycles. The molecule has 0 saturated heterocycles. The molecular formula is C23H26N6O6S. The van der Waals surface area contributed by atoms with Crippen molar-refractivity contribution >= 4 is 34.8 Å². The predicted octanol–water partition coefficient (Wildman–Crippen LogP) is 3.93. The zero-order valence-corrected chi connectivity index (χ0v) is 21.0. The van der Waals surface area contributed by atoms with Crippen LogP contribution in [-0.2, 0) is 6.54 Å². The summed E-state index contributed by atoms with van der Waals surface area (Å²) in [5, 5.41) is 24.3. The number of aromatic nitrogens is 2. The molecular weight excluding hydrogens is 488 g/mol. The number of carbonyl (C=O) groups is 2. The molecule has 0 aliphatic heterocycles. The van der Waals surface area contributed by atoms with Crippen molar-refractivity contribution in [1.82, 2.24) is 20.4 Å². The van der Waals surface area contributed by atoms with Gasteiger partial charge in [-0.1, -0.05) is 18.3 Å². The van der Waals surface area contributed by atoms with Crippen LogP contribution >= 0.6 is 11.3 Å². The summed E-state index contributed by atoms with van der Waals surface area (Å²) in [4.78, 5) is 39.0. The number of nitro benzene ring substituents is 1. The lowest BCUT2D eigenvalue weighted by Gasteiger charge is -2.14. The fraction of sp³-hybridized carbons (Fsp3) is 0.304. The number of non-ortho nitro benzene ring substituents is 1. The van der Waals surface area contributed by atoms with Gasteiger partial charge in [-0.25, -0.2) is 4.79 Å². The van der Waals surface area contributed by atoms with Crippen molar-refractivity contribution in [3.63, 3.8) is 0 Å². The minimum Gasteiger partial charge on any atom is -0.480 e. The highest BCUT2D eigenvalue weighted by Gasteiger charge is 2.28. The van der Waals surface area contributed by atoms with Crippen LogP contribution in [0, 0.1) is 10.1 Å². The van der Waals surface area contributed by atoms with E-state index >= 15 is 0 Å². The van der Waals surface area contributed by atoms with E-state index in [0.29, 0.717) is 35.5 Å². The summed E-state index contributed by atoms with van der Waals surface area (Å²) in [6, 6.07) is 9.05. The average Bonchev–Trinajstić information content (AvgIpc) is 3.20. The highest BCUT2D eigenvalue weighted by molar-refractivity contribution is 7.18. The lowest BCUT2D eigenvalue weighted by Crippen LogP contribution is -2.28. The van der Waals surface area contributed by atoms with Gasteiger partial charge in [-0.3, -0.25) is 14.9 Å². The van der Waals surface area contributed by atoms with Gasteiger partial charge in [0.05, 0.1) is 17.6 Å². The Morgan fingerprint density at radius 3 is 2.42 bits per heavy atom. The number of nitrogens with one attached hydrogen (secondary N) is 2. The number of rotatable bonds is 10. The molecule has 0 radical (unpaired) electrons. The number of nitrogens with zero attached hydrogens (tertiary/aromatic N) is 4. The van der Waals surface area contributed by atoms with Crippen molar-refractivity contribution < 1.29 is 24.0 Å². The van der Waals surface area contributed by atoms with Gasteiger partial charge in [-0.15, -0.1) is 10.2 Å². The molecule has 190 valence electrons. The Morgan fingerprint density at radius 1 is 1.14 bits per heavy atom. The highest BCUT2D eigenvalue weighted by Crippen LogP contribution is 2.43. The monoisotopic (exact) mass is 514 g/mol. The third-order valence-corrected chi connectivity index (χ3v) is 5.97. The number of amides is 2. The van der Waals surface area contributed by atoms with E-state index in [1.807, 2.05) is 25.9 Å². The maximum atomic E-state index is 13.5. The van der Waals surface area contributed by atoms with Crippen molar-refractivity contribution in [2.75, 3.05) is 33.1 Å². The molecule has 2 heterocycles. The zero-order valence-electron chi connectivity index (χ0n) is 20.2. The van der Waals surface area contributed by atoms with Gasteiger partial charge in [-0.05, 0) is 44.3 Å². The first-order chi connectivity index (χ1) is 17.2. The summed E-state index contributed by atoms with van der Waals surface area (Å²) >= 11 is 1.11. The number of ether oxygens (including phenoxy) is 2. The van der Waals surface area contributed by atoms with E-state index in [9.17, 15) is 19.7 Å². The molecule has 0 fully saturated rings. The topological polar surface area (TPSA) is 149 Å². The van der Waals surface area contributed by atoms with Crippen LogP contribution in [0.2, 0.25) is 0 Å². The molecule has 12 nitrogen and oxygen atoms in total. The van der Waals surface area contributed by atoms with Crippen LogP contribution in [0.5, 0.6) is 10.9 Å². The van der Waals surface area contributed by atoms with Crippen molar-refractivity contribution in [3.05, 3.63) is 57.6 Å². The van der Waals surface area contributed by atoms with Gasteiger partial charge < -0.3 is 25.0 Å². The number of carbonyl (C=O) groups excluding carboxylic acids is 2. The maximum absolute atomic E-state index is 13.5. The van der Waals surface area contributed by atoms with Gasteiger partial charge in [0, 0.05) is 41.7 Å². The molecule has 0 spiro atoms. The molecule has 1 aromatic carbocycles. The molecule has 0 bridgehead atoms. The first kappa shape index (κ1) is 26.5. The maximum Gasteiger partial charge on any atom is 0.413 e. The quantitative estimate of drug-likeness (QED) is 0.303. The minimum absolute atomic E-state index is 0.0593. The summed E-state index contributed by atoms with van der Waals surface area (Å²) in [6.45, 7) is 2.65. The first-order valence-electron chi connectivity index (χ1n) is 10.9. The second-order valence-corrected chi connectivity index (χ2v) is 8.83. The van der Waals surface area contributed by atoms with Crippen molar-refractivity contribution in [1.29, 1.82) is 0 Å². The standard InChI is InChI=1S/C23H26N6O6S/c1-5-12-24-23(31)35-22-19(21(30)25-17-10-11-18(34-4)27-26-17)16(13-28(2)3)20(36-22)14-6-8-15(9-7-14)29(32)33/h6-11H,5,12-13H2,1-4H3,(H,24,31)(H,25,26,30). The number of hydrogen-bond acceptors (Lipinski definition) is 10. The van der Waals surface area contributed by atoms with Crippen LogP contribution < -0.4 is 20.1 Å². The third kappa shape index (κ3) is 6.52. The largest absolute Gasteiger partial charge is 0.480 e. The normalized spacial score (nSPS) is 10.7. The SMILES string of the molecule is CCCNC(=O)Oc1sc(-c2ccc([N+](=O)[O-])cc2)c(CN(C)C)c1C(=O)Nc1ccc(OC)nn1. The first-order valence-corrected chi connectivity index (χ1v) is 11.7. The number of nitro groups is 1. The Morgan fingerprint density at radius 2 is 1.86 bits per heavy atom. The Kier molecular flexibility index (Phi) is 8.86. The minimum atomic E-state index is -0.692. The van der Waals surface area contributed by atoms with Crippen LogP contribution in [-0.4, -0.2) is 59.8 Å². The van der Waals surface area contributed by atoms with Gasteiger partial charge >= 0.3 is 6.09 Å². The fourth-order valence-corrected chi connectivity index (χ4v) is 4.36. The van der Waals surface area contributed by atoms with Crippen molar-refractivity contribution in [2.24, 2.45) is 0 Å². The van der Waals surface area contributed by atoms with Crippen LogP contribution in [0.3, 0.4) is 0 Å². The average molecular weight is 515 g/mol. The molecule has 36 heavy (non-hydrogen) atoms.